The van der Waals surface area contributed by atoms with Crippen molar-refractivity contribution in [3.8, 4) is 0 Å². The van der Waals surface area contributed by atoms with E-state index in [1.807, 2.05) is 16.8 Å². The standard InChI is InChI=1S/C13H18BrN5/c1-4-15-9(2)13-16-17-18-19(13)10(3)11-6-5-7-12(14)8-11/h5-10,15H,4H2,1-3H3. The van der Waals surface area contributed by atoms with Crippen LogP contribution in [0.15, 0.2) is 28.7 Å². The molecule has 0 radical (unpaired) electrons. The van der Waals surface area contributed by atoms with Gasteiger partial charge in [-0.2, -0.15) is 0 Å². The molecule has 0 bridgehead atoms. The second kappa shape index (κ2) is 6.25. The number of nitrogens with zero attached hydrogens (tertiary/aromatic N) is 4. The Balaban J connectivity index is 2.29. The van der Waals surface area contributed by atoms with E-state index in [4.69, 9.17) is 0 Å². The first kappa shape index (κ1) is 14.1. The molecule has 0 amide bonds. The van der Waals surface area contributed by atoms with Gasteiger partial charge in [0.05, 0.1) is 12.1 Å². The first-order valence-corrected chi connectivity index (χ1v) is 7.19. The number of nitrogens with one attached hydrogen (secondary N) is 1. The zero-order chi connectivity index (χ0) is 13.8. The van der Waals surface area contributed by atoms with Crippen LogP contribution in [0.1, 0.15) is 44.2 Å². The summed E-state index contributed by atoms with van der Waals surface area (Å²) in [6, 6.07) is 8.44. The molecule has 1 heterocycles. The van der Waals surface area contributed by atoms with Crippen LogP contribution in [0.5, 0.6) is 0 Å². The number of hydrogen-bond acceptors (Lipinski definition) is 4. The van der Waals surface area contributed by atoms with Crippen LogP contribution in [0.3, 0.4) is 0 Å². The molecule has 2 atom stereocenters. The maximum absolute atomic E-state index is 4.13. The van der Waals surface area contributed by atoms with Crippen LogP contribution in [0, 0.1) is 0 Å². The monoisotopic (exact) mass is 323 g/mol. The molecule has 1 N–H and O–H groups in total. The Bertz CT molecular complexity index is 539. The van der Waals surface area contributed by atoms with Gasteiger partial charge in [-0.05, 0) is 48.5 Å². The van der Waals surface area contributed by atoms with Crippen LogP contribution in [0.2, 0.25) is 0 Å². The fraction of sp³-hybridized carbons (Fsp3) is 0.462. The van der Waals surface area contributed by atoms with Crippen molar-refractivity contribution in [2.24, 2.45) is 0 Å². The van der Waals surface area contributed by atoms with E-state index in [1.165, 1.54) is 5.56 Å². The lowest BCUT2D eigenvalue weighted by Gasteiger charge is -2.17. The van der Waals surface area contributed by atoms with Crippen molar-refractivity contribution in [3.05, 3.63) is 40.1 Å². The first-order chi connectivity index (χ1) is 9.13. The average Bonchev–Trinajstić information content (AvgIpc) is 2.87. The highest BCUT2D eigenvalue weighted by Crippen LogP contribution is 2.23. The molecular formula is C13H18BrN5. The minimum Gasteiger partial charge on any atom is -0.308 e. The molecule has 0 saturated heterocycles. The van der Waals surface area contributed by atoms with Gasteiger partial charge in [0.15, 0.2) is 5.82 Å². The van der Waals surface area contributed by atoms with Gasteiger partial charge < -0.3 is 5.32 Å². The highest BCUT2D eigenvalue weighted by atomic mass is 79.9. The third-order valence-electron chi connectivity index (χ3n) is 3.11. The van der Waals surface area contributed by atoms with Crippen molar-refractivity contribution in [1.29, 1.82) is 0 Å². The summed E-state index contributed by atoms with van der Waals surface area (Å²) >= 11 is 3.49. The third-order valence-corrected chi connectivity index (χ3v) is 3.61. The SMILES string of the molecule is CCNC(C)c1nnnn1C(C)c1cccc(Br)c1. The number of rotatable bonds is 5. The molecule has 19 heavy (non-hydrogen) atoms. The second-order valence-electron chi connectivity index (χ2n) is 4.49. The van der Waals surface area contributed by atoms with Crippen LogP contribution in [0.4, 0.5) is 0 Å². The predicted octanol–water partition coefficient (Wildman–Crippen LogP) is 2.72. The number of benzene rings is 1. The van der Waals surface area contributed by atoms with Crippen LogP contribution in [-0.2, 0) is 0 Å². The number of halogens is 1. The maximum atomic E-state index is 4.13. The normalized spacial score (nSPS) is 14.3. The zero-order valence-electron chi connectivity index (χ0n) is 11.3. The van der Waals surface area contributed by atoms with Gasteiger partial charge in [0, 0.05) is 4.47 Å². The van der Waals surface area contributed by atoms with Gasteiger partial charge in [-0.25, -0.2) is 4.68 Å². The van der Waals surface area contributed by atoms with E-state index in [0.717, 1.165) is 16.8 Å². The van der Waals surface area contributed by atoms with Gasteiger partial charge in [-0.1, -0.05) is 35.0 Å². The van der Waals surface area contributed by atoms with E-state index >= 15 is 0 Å². The smallest absolute Gasteiger partial charge is 0.168 e. The van der Waals surface area contributed by atoms with E-state index in [0.29, 0.717) is 0 Å². The highest BCUT2D eigenvalue weighted by molar-refractivity contribution is 9.10. The van der Waals surface area contributed by atoms with Gasteiger partial charge in [0.1, 0.15) is 0 Å². The van der Waals surface area contributed by atoms with Crippen molar-refractivity contribution in [2.45, 2.75) is 32.9 Å². The maximum Gasteiger partial charge on any atom is 0.168 e. The molecule has 2 rings (SSSR count). The van der Waals surface area contributed by atoms with E-state index in [1.54, 1.807) is 0 Å². The molecule has 6 heteroatoms. The van der Waals surface area contributed by atoms with Gasteiger partial charge in [0.25, 0.3) is 0 Å². The van der Waals surface area contributed by atoms with Crippen molar-refractivity contribution >= 4 is 15.9 Å². The highest BCUT2D eigenvalue weighted by Gasteiger charge is 2.18. The molecule has 1 aromatic heterocycles. The van der Waals surface area contributed by atoms with Crippen LogP contribution >= 0.6 is 15.9 Å². The van der Waals surface area contributed by atoms with Crippen molar-refractivity contribution in [1.82, 2.24) is 25.5 Å². The van der Waals surface area contributed by atoms with Crippen molar-refractivity contribution in [3.63, 3.8) is 0 Å². The summed E-state index contributed by atoms with van der Waals surface area (Å²) in [5, 5.41) is 15.4. The Morgan fingerprint density at radius 1 is 1.37 bits per heavy atom. The molecule has 2 unspecified atom stereocenters. The van der Waals surface area contributed by atoms with E-state index in [2.05, 4.69) is 69.7 Å². The topological polar surface area (TPSA) is 55.6 Å². The molecule has 0 spiro atoms. The van der Waals surface area contributed by atoms with Crippen LogP contribution in [0.25, 0.3) is 0 Å². The predicted molar refractivity (Wildman–Crippen MR) is 77.9 cm³/mol. The molecule has 0 aliphatic heterocycles. The summed E-state index contributed by atoms with van der Waals surface area (Å²) in [7, 11) is 0. The summed E-state index contributed by atoms with van der Waals surface area (Å²) in [5.74, 6) is 0.856. The quantitative estimate of drug-likeness (QED) is 0.919. The molecule has 2 aromatic rings. The minimum absolute atomic E-state index is 0.101. The van der Waals surface area contributed by atoms with Gasteiger partial charge in [-0.15, -0.1) is 5.10 Å². The Hall–Kier alpha value is -1.27. The number of tetrazole rings is 1. The minimum atomic E-state index is 0.101. The summed E-state index contributed by atoms with van der Waals surface area (Å²) in [6.07, 6.45) is 0. The molecular weight excluding hydrogens is 306 g/mol. The van der Waals surface area contributed by atoms with E-state index in [-0.39, 0.29) is 12.1 Å². The lowest BCUT2D eigenvalue weighted by Crippen LogP contribution is -2.23. The lowest BCUT2D eigenvalue weighted by atomic mass is 10.1. The Morgan fingerprint density at radius 3 is 2.84 bits per heavy atom. The first-order valence-electron chi connectivity index (χ1n) is 6.40. The summed E-state index contributed by atoms with van der Waals surface area (Å²) in [5.41, 5.74) is 1.17. The van der Waals surface area contributed by atoms with Crippen molar-refractivity contribution in [2.75, 3.05) is 6.54 Å². The number of aromatic nitrogens is 4. The molecule has 0 aliphatic carbocycles. The molecule has 0 aliphatic rings. The zero-order valence-corrected chi connectivity index (χ0v) is 12.9. The van der Waals surface area contributed by atoms with Crippen LogP contribution < -0.4 is 5.32 Å². The largest absolute Gasteiger partial charge is 0.308 e. The Morgan fingerprint density at radius 2 is 2.16 bits per heavy atom. The lowest BCUT2D eigenvalue weighted by molar-refractivity contribution is 0.471. The van der Waals surface area contributed by atoms with E-state index < -0.39 is 0 Å². The molecule has 0 fully saturated rings. The van der Waals surface area contributed by atoms with Gasteiger partial charge in [-0.3, -0.25) is 0 Å². The average molecular weight is 324 g/mol. The fourth-order valence-electron chi connectivity index (χ4n) is 2.07. The molecule has 0 saturated carbocycles. The molecule has 5 nitrogen and oxygen atoms in total. The molecule has 102 valence electrons. The Kier molecular flexibility index (Phi) is 4.66. The number of hydrogen-bond donors (Lipinski definition) is 1. The summed E-state index contributed by atoms with van der Waals surface area (Å²) in [6.45, 7) is 7.13. The van der Waals surface area contributed by atoms with E-state index in [9.17, 15) is 0 Å². The summed E-state index contributed by atoms with van der Waals surface area (Å²) < 4.78 is 2.93. The molecule has 1 aromatic carbocycles. The van der Waals surface area contributed by atoms with Gasteiger partial charge in [0.2, 0.25) is 0 Å². The van der Waals surface area contributed by atoms with Crippen molar-refractivity contribution < 1.29 is 0 Å². The Labute approximate surface area is 121 Å². The second-order valence-corrected chi connectivity index (χ2v) is 5.41. The van der Waals surface area contributed by atoms with Gasteiger partial charge >= 0.3 is 0 Å². The third kappa shape index (κ3) is 3.19. The van der Waals surface area contributed by atoms with Crippen LogP contribution in [-0.4, -0.2) is 26.8 Å². The fourth-order valence-corrected chi connectivity index (χ4v) is 2.48. The summed E-state index contributed by atoms with van der Waals surface area (Å²) in [4.78, 5) is 0.